The van der Waals surface area contributed by atoms with Crippen molar-refractivity contribution in [2.45, 2.75) is 0 Å². The normalized spacial score (nSPS) is 13.9. The minimum atomic E-state index is 0.0433. The van der Waals surface area contributed by atoms with Crippen LogP contribution < -0.4 is 14.4 Å². The molecule has 0 atom stereocenters. The number of thiophene rings is 1. The van der Waals surface area contributed by atoms with E-state index in [9.17, 15) is 4.79 Å². The van der Waals surface area contributed by atoms with Crippen molar-refractivity contribution in [3.8, 4) is 22.1 Å². The highest BCUT2D eigenvalue weighted by molar-refractivity contribution is 7.22. The van der Waals surface area contributed by atoms with Crippen LogP contribution in [0.15, 0.2) is 60.0 Å². The molecule has 9 heteroatoms. The van der Waals surface area contributed by atoms with Crippen LogP contribution in [0.4, 0.5) is 5.13 Å². The van der Waals surface area contributed by atoms with Crippen LogP contribution in [-0.4, -0.2) is 61.2 Å². The second kappa shape index (κ2) is 9.40. The summed E-state index contributed by atoms with van der Waals surface area (Å²) in [5.41, 5.74) is 3.18. The average Bonchev–Trinajstić information content (AvgIpc) is 3.62. The second-order valence-electron chi connectivity index (χ2n) is 8.47. The molecule has 182 valence electrons. The third kappa shape index (κ3) is 3.94. The Hall–Kier alpha value is -3.69. The van der Waals surface area contributed by atoms with E-state index in [4.69, 9.17) is 19.4 Å². The number of thiazole rings is 1. The van der Waals surface area contributed by atoms with Gasteiger partial charge in [0.25, 0.3) is 5.91 Å². The molecule has 0 aliphatic carbocycles. The average molecular weight is 517 g/mol. The van der Waals surface area contributed by atoms with Crippen LogP contribution in [0.25, 0.3) is 31.7 Å². The van der Waals surface area contributed by atoms with Gasteiger partial charge in [-0.15, -0.1) is 11.3 Å². The molecule has 0 spiro atoms. The Morgan fingerprint density at radius 2 is 1.78 bits per heavy atom. The Balaban J connectivity index is 1.25. The molecule has 1 aliphatic heterocycles. The third-order valence-electron chi connectivity index (χ3n) is 6.45. The zero-order valence-electron chi connectivity index (χ0n) is 19.9. The SMILES string of the molecule is COc1ccc2sc(N3CCN(C(=O)c4cc(-c5cccs5)nc5ccccc45)CC3)nc2c1OC. The molecule has 1 fully saturated rings. The van der Waals surface area contributed by atoms with Gasteiger partial charge in [-0.2, -0.15) is 0 Å². The number of ether oxygens (including phenoxy) is 2. The largest absolute Gasteiger partial charge is 0.493 e. The van der Waals surface area contributed by atoms with Crippen molar-refractivity contribution >= 4 is 54.8 Å². The van der Waals surface area contributed by atoms with Gasteiger partial charge in [0.15, 0.2) is 16.6 Å². The number of benzene rings is 2. The van der Waals surface area contributed by atoms with E-state index < -0.39 is 0 Å². The molecular formula is C27H24N4O3S2. The van der Waals surface area contributed by atoms with Gasteiger partial charge in [-0.1, -0.05) is 35.6 Å². The van der Waals surface area contributed by atoms with Crippen LogP contribution in [0.3, 0.4) is 0 Å². The highest BCUT2D eigenvalue weighted by Gasteiger charge is 2.26. The number of hydrogen-bond donors (Lipinski definition) is 0. The molecule has 3 aromatic heterocycles. The Bertz CT molecular complexity index is 1560. The molecule has 0 bridgehead atoms. The molecule has 1 aliphatic rings. The predicted molar refractivity (Wildman–Crippen MR) is 146 cm³/mol. The lowest BCUT2D eigenvalue weighted by molar-refractivity contribution is 0.0748. The van der Waals surface area contributed by atoms with Gasteiger partial charge >= 0.3 is 0 Å². The van der Waals surface area contributed by atoms with Crippen molar-refractivity contribution in [1.29, 1.82) is 0 Å². The van der Waals surface area contributed by atoms with Gasteiger partial charge in [0.2, 0.25) is 0 Å². The topological polar surface area (TPSA) is 67.8 Å². The number of amides is 1. The van der Waals surface area contributed by atoms with Gasteiger partial charge in [-0.05, 0) is 35.7 Å². The number of aromatic nitrogens is 2. The van der Waals surface area contributed by atoms with Crippen molar-refractivity contribution < 1.29 is 14.3 Å². The van der Waals surface area contributed by atoms with Crippen molar-refractivity contribution in [2.75, 3.05) is 45.3 Å². The molecule has 2 aromatic carbocycles. The fourth-order valence-corrected chi connectivity index (χ4v) is 6.31. The number of anilines is 1. The minimum Gasteiger partial charge on any atom is -0.493 e. The first kappa shape index (κ1) is 22.8. The number of pyridine rings is 1. The lowest BCUT2D eigenvalue weighted by Gasteiger charge is -2.34. The highest BCUT2D eigenvalue weighted by Crippen LogP contribution is 2.40. The second-order valence-corrected chi connectivity index (χ2v) is 10.4. The van der Waals surface area contributed by atoms with Crippen LogP contribution in [-0.2, 0) is 0 Å². The molecule has 5 aromatic rings. The summed E-state index contributed by atoms with van der Waals surface area (Å²) in [5, 5.41) is 3.84. The Morgan fingerprint density at radius 3 is 2.53 bits per heavy atom. The van der Waals surface area contributed by atoms with Crippen LogP contribution in [0.2, 0.25) is 0 Å². The fraction of sp³-hybridized carbons (Fsp3) is 0.222. The maximum absolute atomic E-state index is 13.7. The summed E-state index contributed by atoms with van der Waals surface area (Å²) in [6, 6.07) is 17.8. The maximum atomic E-state index is 13.7. The molecule has 7 nitrogen and oxygen atoms in total. The molecule has 0 N–H and O–H groups in total. The first-order chi connectivity index (χ1) is 17.7. The van der Waals surface area contributed by atoms with Crippen LogP contribution >= 0.6 is 22.7 Å². The smallest absolute Gasteiger partial charge is 0.254 e. The van der Waals surface area contributed by atoms with Gasteiger partial charge in [0, 0.05) is 31.6 Å². The van der Waals surface area contributed by atoms with E-state index in [1.54, 1.807) is 36.9 Å². The van der Waals surface area contributed by atoms with Gasteiger partial charge in [0.1, 0.15) is 5.52 Å². The molecule has 0 unspecified atom stereocenters. The van der Waals surface area contributed by atoms with E-state index in [0.717, 1.165) is 36.8 Å². The van der Waals surface area contributed by atoms with E-state index >= 15 is 0 Å². The Morgan fingerprint density at radius 1 is 0.944 bits per heavy atom. The molecule has 4 heterocycles. The monoisotopic (exact) mass is 516 g/mol. The maximum Gasteiger partial charge on any atom is 0.254 e. The zero-order chi connectivity index (χ0) is 24.6. The van der Waals surface area contributed by atoms with E-state index in [0.29, 0.717) is 43.2 Å². The molecule has 6 rings (SSSR count). The molecule has 0 radical (unpaired) electrons. The van der Waals surface area contributed by atoms with Crippen molar-refractivity contribution in [2.24, 2.45) is 0 Å². The van der Waals surface area contributed by atoms with Gasteiger partial charge in [-0.3, -0.25) is 4.79 Å². The summed E-state index contributed by atoms with van der Waals surface area (Å²) in [6.45, 7) is 2.68. The van der Waals surface area contributed by atoms with Crippen molar-refractivity contribution in [1.82, 2.24) is 14.9 Å². The number of methoxy groups -OCH3 is 2. The number of fused-ring (bicyclic) bond motifs is 2. The standard InChI is InChI=1S/C27H24N4O3S2/c1-33-21-9-10-23-24(25(21)34-2)29-27(36-23)31-13-11-30(12-14-31)26(32)18-16-20(22-8-5-15-35-22)28-19-7-4-3-6-17(18)19/h3-10,15-16H,11-14H2,1-2H3. The van der Waals surface area contributed by atoms with Gasteiger partial charge in [0.05, 0.1) is 40.6 Å². The van der Waals surface area contributed by atoms with Crippen LogP contribution in [0.5, 0.6) is 11.5 Å². The number of nitrogens with zero attached hydrogens (tertiary/aromatic N) is 4. The summed E-state index contributed by atoms with van der Waals surface area (Å²) in [6.07, 6.45) is 0. The highest BCUT2D eigenvalue weighted by atomic mass is 32.1. The first-order valence-electron chi connectivity index (χ1n) is 11.7. The number of carbonyl (C=O) groups excluding carboxylic acids is 1. The summed E-state index contributed by atoms with van der Waals surface area (Å²) >= 11 is 3.26. The number of rotatable bonds is 5. The number of piperazine rings is 1. The molecular weight excluding hydrogens is 492 g/mol. The van der Waals surface area contributed by atoms with Crippen molar-refractivity contribution in [3.63, 3.8) is 0 Å². The molecule has 36 heavy (non-hydrogen) atoms. The predicted octanol–water partition coefficient (Wildman–Crippen LogP) is 5.55. The van der Waals surface area contributed by atoms with E-state index in [2.05, 4.69) is 4.90 Å². The lowest BCUT2D eigenvalue weighted by atomic mass is 10.1. The zero-order valence-corrected chi connectivity index (χ0v) is 21.6. The Labute approximate surface area is 216 Å². The molecule has 0 saturated carbocycles. The van der Waals surface area contributed by atoms with Gasteiger partial charge in [-0.25, -0.2) is 9.97 Å². The van der Waals surface area contributed by atoms with Crippen molar-refractivity contribution in [3.05, 3.63) is 65.5 Å². The summed E-state index contributed by atoms with van der Waals surface area (Å²) in [7, 11) is 3.26. The fourth-order valence-electron chi connectivity index (χ4n) is 4.61. The number of para-hydroxylation sites is 1. The van der Waals surface area contributed by atoms with Gasteiger partial charge < -0.3 is 19.3 Å². The lowest BCUT2D eigenvalue weighted by Crippen LogP contribution is -2.48. The first-order valence-corrected chi connectivity index (χ1v) is 13.4. The summed E-state index contributed by atoms with van der Waals surface area (Å²) in [5.74, 6) is 1.36. The van der Waals surface area contributed by atoms with E-state index in [-0.39, 0.29) is 5.91 Å². The number of carbonyl (C=O) groups is 1. The number of hydrogen-bond acceptors (Lipinski definition) is 8. The molecule has 1 amide bonds. The van der Waals surface area contributed by atoms with E-state index in [1.165, 1.54) is 0 Å². The quantitative estimate of drug-likeness (QED) is 0.305. The van der Waals surface area contributed by atoms with Crippen LogP contribution in [0, 0.1) is 0 Å². The Kier molecular flexibility index (Phi) is 5.94. The summed E-state index contributed by atoms with van der Waals surface area (Å²) in [4.78, 5) is 28.6. The van der Waals surface area contributed by atoms with Crippen LogP contribution in [0.1, 0.15) is 10.4 Å². The minimum absolute atomic E-state index is 0.0433. The molecule has 1 saturated heterocycles. The summed E-state index contributed by atoms with van der Waals surface area (Å²) < 4.78 is 12.0. The van der Waals surface area contributed by atoms with E-state index in [1.807, 2.05) is 64.9 Å². The third-order valence-corrected chi connectivity index (χ3v) is 8.42.